The van der Waals surface area contributed by atoms with Gasteiger partial charge in [0.2, 0.25) is 28.6 Å². The van der Waals surface area contributed by atoms with Crippen LogP contribution in [0.1, 0.15) is 57.4 Å². The number of rotatable bonds is 11. The summed E-state index contributed by atoms with van der Waals surface area (Å²) < 4.78 is 37.2. The molecule has 2 aromatic rings. The van der Waals surface area contributed by atoms with Crippen molar-refractivity contribution in [3.63, 3.8) is 0 Å². The van der Waals surface area contributed by atoms with E-state index in [-0.39, 0.29) is 50.6 Å². The lowest BCUT2D eigenvalue weighted by Gasteiger charge is -2.32. The maximum absolute atomic E-state index is 13.6. The summed E-state index contributed by atoms with van der Waals surface area (Å²) >= 11 is 12.5. The summed E-state index contributed by atoms with van der Waals surface area (Å²) in [5, 5.41) is 3.97. The van der Waals surface area contributed by atoms with Gasteiger partial charge in [0.05, 0.1) is 11.9 Å². The zero-order valence-corrected chi connectivity index (χ0v) is 25.0. The van der Waals surface area contributed by atoms with Gasteiger partial charge in [-0.15, -0.1) is 0 Å². The number of nitrogens with one attached hydrogen (secondary N) is 1. The van der Waals surface area contributed by atoms with Gasteiger partial charge >= 0.3 is 0 Å². The van der Waals surface area contributed by atoms with Gasteiger partial charge in [0.15, 0.2) is 11.5 Å². The minimum absolute atomic E-state index is 0.0306. The average molecular weight is 613 g/mol. The Morgan fingerprint density at radius 3 is 2.48 bits per heavy atom. The predicted molar refractivity (Wildman–Crippen MR) is 155 cm³/mol. The second-order valence-corrected chi connectivity index (χ2v) is 13.0. The van der Waals surface area contributed by atoms with Gasteiger partial charge in [0, 0.05) is 41.7 Å². The molecule has 40 heavy (non-hydrogen) atoms. The monoisotopic (exact) mass is 611 g/mol. The molecule has 9 nitrogen and oxygen atoms in total. The van der Waals surface area contributed by atoms with E-state index in [0.29, 0.717) is 32.8 Å². The van der Waals surface area contributed by atoms with Crippen LogP contribution in [0.15, 0.2) is 36.4 Å². The van der Waals surface area contributed by atoms with Crippen LogP contribution < -0.4 is 19.1 Å². The minimum atomic E-state index is -3.64. The van der Waals surface area contributed by atoms with E-state index in [4.69, 9.17) is 32.7 Å². The molecule has 1 N–H and O–H groups in total. The number of fused-ring (bicyclic) bond motifs is 1. The molecule has 1 fully saturated rings. The molecule has 2 aromatic carbocycles. The standard InChI is InChI=1S/C28H35Cl2N3O6S/c1-19(28(35)31-22-7-4-3-5-8-22)32(17-20-10-11-21(29)15-24(20)30)27(34)9-6-14-33(40(2,36)37)23-12-13-25-26(16-23)39-18-38-25/h10-13,15-16,19,22H,3-9,14,17-18H2,1-2H3,(H,31,35)/t19-/m1/s1. The summed E-state index contributed by atoms with van der Waals surface area (Å²) in [4.78, 5) is 28.3. The highest BCUT2D eigenvalue weighted by Crippen LogP contribution is 2.36. The highest BCUT2D eigenvalue weighted by molar-refractivity contribution is 7.92. The van der Waals surface area contributed by atoms with E-state index in [9.17, 15) is 18.0 Å². The number of benzene rings is 2. The molecule has 4 rings (SSSR count). The van der Waals surface area contributed by atoms with Crippen LogP contribution in [0.3, 0.4) is 0 Å². The number of amides is 2. The van der Waals surface area contributed by atoms with Gasteiger partial charge in [-0.3, -0.25) is 13.9 Å². The van der Waals surface area contributed by atoms with Crippen LogP contribution in [0.4, 0.5) is 5.69 Å². The van der Waals surface area contributed by atoms with Crippen LogP contribution >= 0.6 is 23.2 Å². The Bertz CT molecular complexity index is 1330. The molecule has 0 aromatic heterocycles. The molecule has 218 valence electrons. The highest BCUT2D eigenvalue weighted by Gasteiger charge is 2.29. The van der Waals surface area contributed by atoms with E-state index in [1.165, 1.54) is 15.6 Å². The second kappa shape index (κ2) is 13.3. The first-order valence-electron chi connectivity index (χ1n) is 13.4. The summed E-state index contributed by atoms with van der Waals surface area (Å²) in [6.45, 7) is 1.97. The lowest BCUT2D eigenvalue weighted by atomic mass is 9.95. The fraction of sp³-hybridized carbons (Fsp3) is 0.500. The van der Waals surface area contributed by atoms with E-state index in [1.807, 2.05) is 0 Å². The smallest absolute Gasteiger partial charge is 0.242 e. The van der Waals surface area contributed by atoms with Gasteiger partial charge < -0.3 is 19.7 Å². The second-order valence-electron chi connectivity index (χ2n) is 10.3. The molecule has 0 unspecified atom stereocenters. The Kier molecular flexibility index (Phi) is 10.1. The number of ether oxygens (including phenoxy) is 2. The molecule has 0 radical (unpaired) electrons. The van der Waals surface area contributed by atoms with E-state index in [0.717, 1.165) is 31.9 Å². The molecule has 0 bridgehead atoms. The van der Waals surface area contributed by atoms with Gasteiger partial charge in [-0.05, 0) is 56.0 Å². The Balaban J connectivity index is 1.47. The van der Waals surface area contributed by atoms with Crippen LogP contribution in [0.25, 0.3) is 0 Å². The van der Waals surface area contributed by atoms with Crippen molar-refractivity contribution >= 4 is 50.7 Å². The van der Waals surface area contributed by atoms with Crippen LogP contribution in [0.5, 0.6) is 11.5 Å². The third kappa shape index (κ3) is 7.73. The quantitative estimate of drug-likeness (QED) is 0.377. The Hall–Kier alpha value is -2.69. The minimum Gasteiger partial charge on any atom is -0.454 e. The number of hydrogen-bond donors (Lipinski definition) is 1. The van der Waals surface area contributed by atoms with Crippen molar-refractivity contribution in [3.05, 3.63) is 52.0 Å². The van der Waals surface area contributed by atoms with Crippen molar-refractivity contribution in [1.82, 2.24) is 10.2 Å². The van der Waals surface area contributed by atoms with Gasteiger partial charge in [0.1, 0.15) is 6.04 Å². The van der Waals surface area contributed by atoms with E-state index >= 15 is 0 Å². The predicted octanol–water partition coefficient (Wildman–Crippen LogP) is 5.13. The molecule has 0 saturated heterocycles. The molecule has 2 aliphatic rings. The van der Waals surface area contributed by atoms with Gasteiger partial charge in [-0.1, -0.05) is 48.5 Å². The van der Waals surface area contributed by atoms with Crippen molar-refractivity contribution in [2.75, 3.05) is 23.9 Å². The summed E-state index contributed by atoms with van der Waals surface area (Å²) in [5.74, 6) is 0.510. The molecular formula is C28H35Cl2N3O6S. The van der Waals surface area contributed by atoms with Gasteiger partial charge in [-0.25, -0.2) is 8.42 Å². The summed E-state index contributed by atoms with van der Waals surface area (Å²) in [5.41, 5.74) is 1.08. The molecule has 2 amide bonds. The van der Waals surface area contributed by atoms with Crippen molar-refractivity contribution < 1.29 is 27.5 Å². The third-order valence-corrected chi connectivity index (χ3v) is 9.05. The largest absolute Gasteiger partial charge is 0.454 e. The normalized spacial score (nSPS) is 15.9. The number of sulfonamides is 1. The maximum Gasteiger partial charge on any atom is 0.242 e. The first kappa shape index (κ1) is 30.3. The maximum atomic E-state index is 13.6. The SMILES string of the molecule is C[C@H](C(=O)NC1CCCCC1)N(Cc1ccc(Cl)cc1Cl)C(=O)CCCN(c1ccc2c(c1)OCO2)S(C)(=O)=O. The molecule has 1 atom stereocenters. The molecule has 1 saturated carbocycles. The Morgan fingerprint density at radius 2 is 1.77 bits per heavy atom. The van der Waals surface area contributed by atoms with Gasteiger partial charge in [0.25, 0.3) is 0 Å². The molecule has 12 heteroatoms. The number of carbonyl (C=O) groups is 2. The van der Waals surface area contributed by atoms with Gasteiger partial charge in [-0.2, -0.15) is 0 Å². The first-order chi connectivity index (χ1) is 19.0. The number of nitrogens with zero attached hydrogens (tertiary/aromatic N) is 2. The third-order valence-electron chi connectivity index (χ3n) is 7.27. The number of halogens is 2. The van der Waals surface area contributed by atoms with Crippen LogP contribution in [0, 0.1) is 0 Å². The average Bonchev–Trinajstić information content (AvgIpc) is 3.38. The van der Waals surface area contributed by atoms with Crippen molar-refractivity contribution in [3.8, 4) is 11.5 Å². The van der Waals surface area contributed by atoms with Crippen molar-refractivity contribution in [2.45, 2.75) is 70.5 Å². The van der Waals surface area contributed by atoms with E-state index in [2.05, 4.69) is 5.32 Å². The zero-order chi connectivity index (χ0) is 28.9. The Morgan fingerprint density at radius 1 is 1.05 bits per heavy atom. The summed E-state index contributed by atoms with van der Waals surface area (Å²) in [7, 11) is -3.64. The fourth-order valence-electron chi connectivity index (χ4n) is 5.03. The summed E-state index contributed by atoms with van der Waals surface area (Å²) in [6.07, 6.45) is 6.55. The van der Waals surface area contributed by atoms with Crippen LogP contribution in [-0.4, -0.2) is 56.8 Å². The topological polar surface area (TPSA) is 105 Å². The lowest BCUT2D eigenvalue weighted by Crippen LogP contribution is -2.50. The van der Waals surface area contributed by atoms with Crippen molar-refractivity contribution in [2.24, 2.45) is 0 Å². The molecule has 1 aliphatic heterocycles. The molecular weight excluding hydrogens is 577 g/mol. The fourth-order valence-corrected chi connectivity index (χ4v) is 6.45. The molecule has 1 heterocycles. The zero-order valence-electron chi connectivity index (χ0n) is 22.7. The highest BCUT2D eigenvalue weighted by atomic mass is 35.5. The van der Waals surface area contributed by atoms with E-state index in [1.54, 1.807) is 43.3 Å². The molecule has 1 aliphatic carbocycles. The van der Waals surface area contributed by atoms with Crippen LogP contribution in [0.2, 0.25) is 10.0 Å². The van der Waals surface area contributed by atoms with E-state index < -0.39 is 16.1 Å². The van der Waals surface area contributed by atoms with Crippen LogP contribution in [-0.2, 0) is 26.2 Å². The molecule has 0 spiro atoms. The number of hydrogen-bond acceptors (Lipinski definition) is 6. The van der Waals surface area contributed by atoms with Crippen molar-refractivity contribution in [1.29, 1.82) is 0 Å². The number of carbonyl (C=O) groups excluding carboxylic acids is 2. The Labute approximate surface area is 245 Å². The lowest BCUT2D eigenvalue weighted by molar-refractivity contribution is -0.141. The summed E-state index contributed by atoms with van der Waals surface area (Å²) in [6, 6.07) is 9.29. The number of anilines is 1. The first-order valence-corrected chi connectivity index (χ1v) is 16.0.